The van der Waals surface area contributed by atoms with Crippen LogP contribution in [-0.2, 0) is 12.8 Å². The number of benzene rings is 2. The maximum Gasteiger partial charge on any atom is 0.314 e. The molecule has 0 unspecified atom stereocenters. The van der Waals surface area contributed by atoms with Gasteiger partial charge in [0.25, 0.3) is 0 Å². The summed E-state index contributed by atoms with van der Waals surface area (Å²) in [7, 11) is 1.65. The molecule has 0 saturated heterocycles. The van der Waals surface area contributed by atoms with Crippen LogP contribution in [0.2, 0.25) is 0 Å². The largest absolute Gasteiger partial charge is 0.497 e. The van der Waals surface area contributed by atoms with Gasteiger partial charge in [-0.2, -0.15) is 0 Å². The molecule has 2 N–H and O–H groups in total. The molecule has 0 bridgehead atoms. The number of methoxy groups -OCH3 is 1. The molecule has 0 aliphatic heterocycles. The molecule has 0 aliphatic carbocycles. The minimum atomic E-state index is -0.110. The van der Waals surface area contributed by atoms with Gasteiger partial charge >= 0.3 is 6.03 Å². The van der Waals surface area contributed by atoms with Gasteiger partial charge in [0.1, 0.15) is 5.75 Å². The summed E-state index contributed by atoms with van der Waals surface area (Å²) in [5, 5.41) is 5.76. The summed E-state index contributed by atoms with van der Waals surface area (Å²) >= 11 is 0. The van der Waals surface area contributed by atoms with E-state index in [-0.39, 0.29) is 6.03 Å². The second-order valence-electron chi connectivity index (χ2n) is 5.37. The molecule has 2 aromatic rings. The van der Waals surface area contributed by atoms with E-state index < -0.39 is 0 Å². The molecule has 0 aliphatic rings. The first kappa shape index (κ1) is 16.9. The van der Waals surface area contributed by atoms with Gasteiger partial charge in [0.2, 0.25) is 0 Å². The number of ether oxygens (including phenoxy) is 1. The van der Waals surface area contributed by atoms with Gasteiger partial charge in [-0.1, -0.05) is 42.5 Å². The van der Waals surface area contributed by atoms with Gasteiger partial charge in [0.05, 0.1) is 7.11 Å². The standard InChI is InChI=1S/C19H24N2O2/c1-23-18-11-5-9-17(15-18)12-14-21-19(22)20-13-6-10-16-7-3-2-4-8-16/h2-5,7-9,11,15H,6,10,12-14H2,1H3,(H2,20,21,22). The number of urea groups is 1. The molecule has 2 aromatic carbocycles. The smallest absolute Gasteiger partial charge is 0.314 e. The molecule has 2 amide bonds. The predicted molar refractivity (Wildman–Crippen MR) is 92.9 cm³/mol. The Kier molecular flexibility index (Phi) is 6.98. The number of aryl methyl sites for hydroxylation is 1. The van der Waals surface area contributed by atoms with Crippen molar-refractivity contribution in [1.82, 2.24) is 10.6 Å². The van der Waals surface area contributed by atoms with E-state index in [4.69, 9.17) is 4.74 Å². The highest BCUT2D eigenvalue weighted by atomic mass is 16.5. The molecule has 0 fully saturated rings. The summed E-state index contributed by atoms with van der Waals surface area (Å²) in [6.07, 6.45) is 2.70. The Balaban J connectivity index is 1.58. The highest BCUT2D eigenvalue weighted by Crippen LogP contribution is 2.12. The van der Waals surface area contributed by atoms with E-state index in [1.165, 1.54) is 5.56 Å². The Morgan fingerprint density at radius 3 is 2.43 bits per heavy atom. The van der Waals surface area contributed by atoms with Crippen LogP contribution < -0.4 is 15.4 Å². The second-order valence-corrected chi connectivity index (χ2v) is 5.37. The van der Waals surface area contributed by atoms with Gasteiger partial charge in [-0.05, 0) is 42.5 Å². The van der Waals surface area contributed by atoms with Crippen molar-refractivity contribution in [2.24, 2.45) is 0 Å². The number of hydrogen-bond acceptors (Lipinski definition) is 2. The molecular weight excluding hydrogens is 288 g/mol. The number of carbonyl (C=O) groups excluding carboxylic acids is 1. The zero-order valence-electron chi connectivity index (χ0n) is 13.5. The van der Waals surface area contributed by atoms with E-state index in [2.05, 4.69) is 22.8 Å². The zero-order chi connectivity index (χ0) is 16.3. The second kappa shape index (κ2) is 9.51. The molecule has 4 heteroatoms. The van der Waals surface area contributed by atoms with Crippen molar-refractivity contribution in [2.45, 2.75) is 19.3 Å². The Bertz CT molecular complexity index is 599. The first-order chi connectivity index (χ1) is 11.3. The summed E-state index contributed by atoms with van der Waals surface area (Å²) in [5.74, 6) is 0.841. The molecule has 0 heterocycles. The van der Waals surface area contributed by atoms with E-state index >= 15 is 0 Å². The average molecular weight is 312 g/mol. The van der Waals surface area contributed by atoms with Crippen LogP contribution in [0.1, 0.15) is 17.5 Å². The Hall–Kier alpha value is -2.49. The van der Waals surface area contributed by atoms with Gasteiger partial charge in [-0.25, -0.2) is 4.79 Å². The highest BCUT2D eigenvalue weighted by molar-refractivity contribution is 5.73. The normalized spacial score (nSPS) is 10.1. The molecule has 0 atom stereocenters. The summed E-state index contributed by atoms with van der Waals surface area (Å²) in [6, 6.07) is 18.1. The fraction of sp³-hybridized carbons (Fsp3) is 0.316. The molecule has 0 spiro atoms. The number of carbonyl (C=O) groups is 1. The van der Waals surface area contributed by atoms with Gasteiger partial charge in [0.15, 0.2) is 0 Å². The third-order valence-electron chi connectivity index (χ3n) is 3.60. The van der Waals surface area contributed by atoms with Gasteiger partial charge in [-0.3, -0.25) is 0 Å². The van der Waals surface area contributed by atoms with Crippen LogP contribution in [0.3, 0.4) is 0 Å². The molecule has 0 radical (unpaired) electrons. The lowest BCUT2D eigenvalue weighted by Crippen LogP contribution is -2.37. The number of rotatable bonds is 8. The Labute approximate surface area is 137 Å². The predicted octanol–water partition coefficient (Wildman–Crippen LogP) is 3.17. The van der Waals surface area contributed by atoms with Crippen molar-refractivity contribution in [3.05, 3.63) is 65.7 Å². The van der Waals surface area contributed by atoms with Crippen LogP contribution in [0.15, 0.2) is 54.6 Å². The quantitative estimate of drug-likeness (QED) is 0.736. The van der Waals surface area contributed by atoms with E-state index in [9.17, 15) is 4.79 Å². The first-order valence-electron chi connectivity index (χ1n) is 7.96. The van der Waals surface area contributed by atoms with Crippen LogP contribution in [0.25, 0.3) is 0 Å². The third-order valence-corrected chi connectivity index (χ3v) is 3.60. The molecule has 23 heavy (non-hydrogen) atoms. The molecule has 2 rings (SSSR count). The van der Waals surface area contributed by atoms with Crippen LogP contribution in [-0.4, -0.2) is 26.2 Å². The van der Waals surface area contributed by atoms with Crippen molar-refractivity contribution < 1.29 is 9.53 Å². The number of hydrogen-bond donors (Lipinski definition) is 2. The summed E-state index contributed by atoms with van der Waals surface area (Å²) in [6.45, 7) is 1.29. The topological polar surface area (TPSA) is 50.4 Å². The van der Waals surface area contributed by atoms with E-state index in [0.717, 1.165) is 30.6 Å². The van der Waals surface area contributed by atoms with Gasteiger partial charge in [-0.15, -0.1) is 0 Å². The summed E-state index contributed by atoms with van der Waals surface area (Å²) in [4.78, 5) is 11.7. The fourth-order valence-electron chi connectivity index (χ4n) is 2.35. The van der Waals surface area contributed by atoms with E-state index in [0.29, 0.717) is 13.1 Å². The van der Waals surface area contributed by atoms with Crippen molar-refractivity contribution >= 4 is 6.03 Å². The van der Waals surface area contributed by atoms with E-state index in [1.54, 1.807) is 7.11 Å². The Morgan fingerprint density at radius 1 is 0.913 bits per heavy atom. The maximum atomic E-state index is 11.7. The molecule has 4 nitrogen and oxygen atoms in total. The third kappa shape index (κ3) is 6.43. The zero-order valence-corrected chi connectivity index (χ0v) is 13.5. The molecule has 0 aromatic heterocycles. The average Bonchev–Trinajstić information content (AvgIpc) is 2.60. The van der Waals surface area contributed by atoms with E-state index in [1.807, 2.05) is 42.5 Å². The van der Waals surface area contributed by atoms with Crippen molar-refractivity contribution in [3.63, 3.8) is 0 Å². The first-order valence-corrected chi connectivity index (χ1v) is 7.96. The molecule has 122 valence electrons. The lowest BCUT2D eigenvalue weighted by molar-refractivity contribution is 0.241. The monoisotopic (exact) mass is 312 g/mol. The highest BCUT2D eigenvalue weighted by Gasteiger charge is 2.00. The Morgan fingerprint density at radius 2 is 1.65 bits per heavy atom. The molecular formula is C19H24N2O2. The lowest BCUT2D eigenvalue weighted by Gasteiger charge is -2.08. The van der Waals surface area contributed by atoms with Crippen molar-refractivity contribution in [1.29, 1.82) is 0 Å². The SMILES string of the molecule is COc1cccc(CCNC(=O)NCCCc2ccccc2)c1. The number of nitrogens with one attached hydrogen (secondary N) is 2. The lowest BCUT2D eigenvalue weighted by atomic mass is 10.1. The maximum absolute atomic E-state index is 11.7. The van der Waals surface area contributed by atoms with Gasteiger partial charge < -0.3 is 15.4 Å². The van der Waals surface area contributed by atoms with Crippen LogP contribution in [0, 0.1) is 0 Å². The summed E-state index contributed by atoms with van der Waals surface area (Å²) < 4.78 is 5.18. The van der Waals surface area contributed by atoms with Crippen molar-refractivity contribution in [3.8, 4) is 5.75 Å². The minimum absolute atomic E-state index is 0.110. The number of amides is 2. The van der Waals surface area contributed by atoms with Crippen LogP contribution in [0.4, 0.5) is 4.79 Å². The fourth-order valence-corrected chi connectivity index (χ4v) is 2.35. The van der Waals surface area contributed by atoms with Crippen LogP contribution >= 0.6 is 0 Å². The van der Waals surface area contributed by atoms with Crippen molar-refractivity contribution in [2.75, 3.05) is 20.2 Å². The summed E-state index contributed by atoms with van der Waals surface area (Å²) in [5.41, 5.74) is 2.45. The molecule has 0 saturated carbocycles. The van der Waals surface area contributed by atoms with Gasteiger partial charge in [0, 0.05) is 13.1 Å². The van der Waals surface area contributed by atoms with Crippen LogP contribution in [0.5, 0.6) is 5.75 Å². The minimum Gasteiger partial charge on any atom is -0.497 e.